The Bertz CT molecular complexity index is 652. The van der Waals surface area contributed by atoms with Gasteiger partial charge in [-0.15, -0.1) is 0 Å². The molecule has 1 nitrogen and oxygen atoms in total. The van der Waals surface area contributed by atoms with E-state index in [0.717, 1.165) is 33.9 Å². The van der Waals surface area contributed by atoms with Crippen LogP contribution >= 0.6 is 11.6 Å². The minimum absolute atomic E-state index is 0.199. The molecule has 118 valence electrons. The van der Waals surface area contributed by atoms with E-state index in [-0.39, 0.29) is 17.7 Å². The van der Waals surface area contributed by atoms with Crippen molar-refractivity contribution >= 4 is 11.6 Å². The molecule has 0 amide bonds. The molecular weight excluding hydrogens is 299 g/mol. The van der Waals surface area contributed by atoms with Gasteiger partial charge in [-0.25, -0.2) is 4.39 Å². The summed E-state index contributed by atoms with van der Waals surface area (Å²) in [5.74, 6) is 1.14. The summed E-state index contributed by atoms with van der Waals surface area (Å²) in [4.78, 5) is 0. The zero-order valence-electron chi connectivity index (χ0n) is 13.5. The Morgan fingerprint density at radius 2 is 1.86 bits per heavy atom. The Morgan fingerprint density at radius 1 is 1.14 bits per heavy atom. The van der Waals surface area contributed by atoms with Crippen molar-refractivity contribution in [2.75, 3.05) is 7.11 Å². The second kappa shape index (κ2) is 7.15. The maximum absolute atomic E-state index is 13.4. The molecule has 0 N–H and O–H groups in total. The van der Waals surface area contributed by atoms with Crippen LogP contribution in [0.4, 0.5) is 4.39 Å². The van der Waals surface area contributed by atoms with Crippen molar-refractivity contribution in [1.29, 1.82) is 0 Å². The molecule has 0 aliphatic heterocycles. The van der Waals surface area contributed by atoms with Gasteiger partial charge in [-0.2, -0.15) is 0 Å². The van der Waals surface area contributed by atoms with E-state index in [2.05, 4.69) is 20.8 Å². The topological polar surface area (TPSA) is 9.23 Å². The molecule has 0 fully saturated rings. The van der Waals surface area contributed by atoms with Gasteiger partial charge >= 0.3 is 0 Å². The molecule has 0 radical (unpaired) electrons. The van der Waals surface area contributed by atoms with Gasteiger partial charge in [-0.3, -0.25) is 0 Å². The summed E-state index contributed by atoms with van der Waals surface area (Å²) in [5, 5.41) is 0.731. The number of hydrogen-bond acceptors (Lipinski definition) is 1. The number of ether oxygens (including phenoxy) is 1. The lowest BCUT2D eigenvalue weighted by Crippen LogP contribution is -2.04. The van der Waals surface area contributed by atoms with E-state index in [0.29, 0.717) is 0 Å². The first-order chi connectivity index (χ1) is 10.4. The van der Waals surface area contributed by atoms with Gasteiger partial charge in [-0.05, 0) is 47.6 Å². The monoisotopic (exact) mass is 320 g/mol. The van der Waals surface area contributed by atoms with Crippen LogP contribution in [0.5, 0.6) is 5.75 Å². The molecule has 0 heterocycles. The van der Waals surface area contributed by atoms with Crippen LogP contribution in [0.15, 0.2) is 36.4 Å². The highest BCUT2D eigenvalue weighted by Gasteiger charge is 2.18. The van der Waals surface area contributed by atoms with Gasteiger partial charge < -0.3 is 4.74 Å². The van der Waals surface area contributed by atoms with Crippen LogP contribution in [-0.4, -0.2) is 7.11 Å². The smallest absolute Gasteiger partial charge is 0.127 e. The van der Waals surface area contributed by atoms with Crippen LogP contribution in [0, 0.1) is 5.82 Å². The SMILES string of the molecule is COc1c(CC(C)c2cccc(F)c2)ccc(Cl)c1C(C)C. The van der Waals surface area contributed by atoms with Gasteiger partial charge in [0.05, 0.1) is 7.11 Å². The molecular formula is C19H22ClFO. The maximum Gasteiger partial charge on any atom is 0.127 e. The van der Waals surface area contributed by atoms with Crippen LogP contribution in [0.2, 0.25) is 5.02 Å². The zero-order valence-corrected chi connectivity index (χ0v) is 14.2. The predicted molar refractivity (Wildman–Crippen MR) is 90.6 cm³/mol. The summed E-state index contributed by atoms with van der Waals surface area (Å²) in [5.41, 5.74) is 3.13. The van der Waals surface area contributed by atoms with E-state index in [1.807, 2.05) is 18.2 Å². The highest BCUT2D eigenvalue weighted by atomic mass is 35.5. The van der Waals surface area contributed by atoms with Gasteiger partial charge in [0.25, 0.3) is 0 Å². The summed E-state index contributed by atoms with van der Waals surface area (Å²) < 4.78 is 19.0. The Kier molecular flexibility index (Phi) is 5.47. The van der Waals surface area contributed by atoms with Crippen LogP contribution in [0.1, 0.15) is 49.3 Å². The van der Waals surface area contributed by atoms with Crippen molar-refractivity contribution in [1.82, 2.24) is 0 Å². The summed E-state index contributed by atoms with van der Waals surface area (Å²) in [6.07, 6.45) is 0.781. The third-order valence-electron chi connectivity index (χ3n) is 3.95. The molecule has 0 saturated heterocycles. The van der Waals surface area contributed by atoms with Crippen molar-refractivity contribution in [3.63, 3.8) is 0 Å². The zero-order chi connectivity index (χ0) is 16.3. The molecule has 0 spiro atoms. The van der Waals surface area contributed by atoms with Crippen molar-refractivity contribution in [2.24, 2.45) is 0 Å². The van der Waals surface area contributed by atoms with Gasteiger partial charge in [0, 0.05) is 10.6 Å². The molecule has 0 aromatic heterocycles. The average molecular weight is 321 g/mol. The summed E-state index contributed by atoms with van der Waals surface area (Å²) in [7, 11) is 1.67. The number of halogens is 2. The van der Waals surface area contributed by atoms with E-state index < -0.39 is 0 Å². The molecule has 3 heteroatoms. The molecule has 1 atom stereocenters. The molecule has 0 aliphatic carbocycles. The summed E-state index contributed by atoms with van der Waals surface area (Å²) >= 11 is 6.32. The largest absolute Gasteiger partial charge is 0.496 e. The molecule has 0 aliphatic rings. The number of benzene rings is 2. The second-order valence-corrected chi connectivity index (χ2v) is 6.38. The molecule has 2 aromatic carbocycles. The van der Waals surface area contributed by atoms with Crippen molar-refractivity contribution < 1.29 is 9.13 Å². The number of methoxy groups -OCH3 is 1. The Balaban J connectivity index is 2.35. The second-order valence-electron chi connectivity index (χ2n) is 5.97. The van der Waals surface area contributed by atoms with Gasteiger partial charge in [0.1, 0.15) is 11.6 Å². The van der Waals surface area contributed by atoms with Crippen molar-refractivity contribution in [3.05, 3.63) is 63.9 Å². The van der Waals surface area contributed by atoms with Gasteiger partial charge in [0.15, 0.2) is 0 Å². The van der Waals surface area contributed by atoms with Crippen LogP contribution < -0.4 is 4.74 Å². The van der Waals surface area contributed by atoms with E-state index in [4.69, 9.17) is 16.3 Å². The third-order valence-corrected chi connectivity index (χ3v) is 4.28. The molecule has 22 heavy (non-hydrogen) atoms. The third kappa shape index (κ3) is 3.61. The highest BCUT2D eigenvalue weighted by molar-refractivity contribution is 6.31. The number of hydrogen-bond donors (Lipinski definition) is 0. The molecule has 2 rings (SSSR count). The molecule has 0 bridgehead atoms. The molecule has 2 aromatic rings. The van der Waals surface area contributed by atoms with Crippen LogP contribution in [0.25, 0.3) is 0 Å². The van der Waals surface area contributed by atoms with Crippen molar-refractivity contribution in [3.8, 4) is 5.75 Å². The molecule has 1 unspecified atom stereocenters. The van der Waals surface area contributed by atoms with Crippen LogP contribution in [-0.2, 0) is 6.42 Å². The first kappa shape index (κ1) is 16.8. The summed E-state index contributed by atoms with van der Waals surface area (Å²) in [6.45, 7) is 6.30. The van der Waals surface area contributed by atoms with E-state index in [1.165, 1.54) is 6.07 Å². The van der Waals surface area contributed by atoms with Gasteiger partial charge in [-0.1, -0.05) is 50.6 Å². The lowest BCUT2D eigenvalue weighted by molar-refractivity contribution is 0.401. The Hall–Kier alpha value is -1.54. The fraction of sp³-hybridized carbons (Fsp3) is 0.368. The minimum atomic E-state index is -0.199. The standard InChI is InChI=1S/C19H22ClFO/c1-12(2)18-17(20)9-8-15(19(18)22-4)10-13(3)14-6-5-7-16(21)11-14/h5-9,11-13H,10H2,1-4H3. The normalized spacial score (nSPS) is 12.5. The van der Waals surface area contributed by atoms with Crippen molar-refractivity contribution in [2.45, 2.75) is 39.0 Å². The number of rotatable bonds is 5. The van der Waals surface area contributed by atoms with E-state index >= 15 is 0 Å². The van der Waals surface area contributed by atoms with Crippen LogP contribution in [0.3, 0.4) is 0 Å². The summed E-state index contributed by atoms with van der Waals surface area (Å²) in [6, 6.07) is 10.7. The lowest BCUT2D eigenvalue weighted by atomic mass is 9.90. The first-order valence-corrected chi connectivity index (χ1v) is 7.92. The predicted octanol–water partition coefficient (Wildman–Crippen LogP) is 5.96. The van der Waals surface area contributed by atoms with Gasteiger partial charge in [0.2, 0.25) is 0 Å². The quantitative estimate of drug-likeness (QED) is 0.660. The Labute approximate surface area is 137 Å². The minimum Gasteiger partial charge on any atom is -0.496 e. The fourth-order valence-corrected chi connectivity index (χ4v) is 3.19. The van der Waals surface area contributed by atoms with E-state index in [1.54, 1.807) is 19.2 Å². The fourth-order valence-electron chi connectivity index (χ4n) is 2.82. The lowest BCUT2D eigenvalue weighted by Gasteiger charge is -2.20. The average Bonchev–Trinajstić information content (AvgIpc) is 2.48. The Morgan fingerprint density at radius 3 is 2.45 bits per heavy atom. The molecule has 0 saturated carbocycles. The highest BCUT2D eigenvalue weighted by Crippen LogP contribution is 2.38. The first-order valence-electron chi connectivity index (χ1n) is 7.54. The maximum atomic E-state index is 13.4. The van der Waals surface area contributed by atoms with E-state index in [9.17, 15) is 4.39 Å².